The molecular weight excluding hydrogens is 449 g/mol. The van der Waals surface area contributed by atoms with E-state index in [4.69, 9.17) is 16.3 Å². The topological polar surface area (TPSA) is 28.3 Å². The lowest BCUT2D eigenvalue weighted by molar-refractivity contribution is -0.137. The van der Waals surface area contributed by atoms with E-state index >= 15 is 0 Å². The minimum Gasteiger partial charge on any atom is -0.379 e. The molecule has 0 bridgehead atoms. The van der Waals surface area contributed by atoms with Crippen molar-refractivity contribution in [1.29, 1.82) is 0 Å². The third-order valence-electron chi connectivity index (χ3n) is 6.12. The molecule has 1 atom stereocenters. The first-order valence-electron chi connectivity index (χ1n) is 10.8. The second-order valence-corrected chi connectivity index (χ2v) is 8.57. The quantitative estimate of drug-likeness (QED) is 0.350. The molecule has 3 nitrogen and oxygen atoms in total. The van der Waals surface area contributed by atoms with Crippen molar-refractivity contribution in [3.63, 3.8) is 0 Å². The van der Waals surface area contributed by atoms with Crippen LogP contribution >= 0.6 is 11.6 Å². The molecule has 1 aromatic heterocycles. The maximum absolute atomic E-state index is 13.2. The Balaban J connectivity index is 1.71. The number of H-pyrrole nitrogens is 1. The van der Waals surface area contributed by atoms with Gasteiger partial charge in [-0.3, -0.25) is 4.90 Å². The second-order valence-electron chi connectivity index (χ2n) is 8.14. The Morgan fingerprint density at radius 1 is 0.879 bits per heavy atom. The van der Waals surface area contributed by atoms with Gasteiger partial charge in [0, 0.05) is 34.6 Å². The Hall–Kier alpha value is -2.80. The molecule has 1 saturated heterocycles. The summed E-state index contributed by atoms with van der Waals surface area (Å²) in [5.74, 6) is 0. The third-order valence-corrected chi connectivity index (χ3v) is 6.37. The number of para-hydroxylation sites is 1. The summed E-state index contributed by atoms with van der Waals surface area (Å²) in [6.07, 6.45) is -4.37. The van der Waals surface area contributed by atoms with Crippen LogP contribution in [0.2, 0.25) is 5.02 Å². The Kier molecular flexibility index (Phi) is 5.91. The van der Waals surface area contributed by atoms with Gasteiger partial charge in [-0.15, -0.1) is 0 Å². The van der Waals surface area contributed by atoms with Crippen molar-refractivity contribution in [1.82, 2.24) is 9.88 Å². The summed E-state index contributed by atoms with van der Waals surface area (Å²) in [6.45, 7) is 2.53. The highest BCUT2D eigenvalue weighted by Crippen LogP contribution is 2.41. The van der Waals surface area contributed by atoms with Crippen LogP contribution in [0.4, 0.5) is 13.2 Å². The highest BCUT2D eigenvalue weighted by molar-refractivity contribution is 6.30. The molecule has 7 heteroatoms. The molecule has 2 heterocycles. The highest BCUT2D eigenvalue weighted by atomic mass is 35.5. The van der Waals surface area contributed by atoms with Crippen LogP contribution in [-0.4, -0.2) is 36.2 Å². The minimum absolute atomic E-state index is 0.238. The van der Waals surface area contributed by atoms with Crippen molar-refractivity contribution in [3.05, 3.63) is 94.5 Å². The van der Waals surface area contributed by atoms with Crippen LogP contribution in [-0.2, 0) is 10.9 Å². The minimum atomic E-state index is -4.37. The molecule has 1 unspecified atom stereocenters. The predicted molar refractivity (Wildman–Crippen MR) is 124 cm³/mol. The average Bonchev–Trinajstić information content (AvgIpc) is 3.20. The summed E-state index contributed by atoms with van der Waals surface area (Å²) in [6, 6.07) is 20.9. The lowest BCUT2D eigenvalue weighted by Gasteiger charge is -2.35. The van der Waals surface area contributed by atoms with Crippen LogP contribution in [0.1, 0.15) is 22.7 Å². The molecule has 0 aliphatic carbocycles. The molecule has 0 radical (unpaired) electrons. The van der Waals surface area contributed by atoms with E-state index in [0.717, 1.165) is 33.3 Å². The Morgan fingerprint density at radius 3 is 2.21 bits per heavy atom. The average molecular weight is 471 g/mol. The van der Waals surface area contributed by atoms with Gasteiger partial charge in [0.05, 0.1) is 30.5 Å². The Morgan fingerprint density at radius 2 is 1.55 bits per heavy atom. The number of hydrogen-bond donors (Lipinski definition) is 1. The van der Waals surface area contributed by atoms with Crippen LogP contribution in [0.25, 0.3) is 22.2 Å². The van der Waals surface area contributed by atoms with Crippen LogP contribution < -0.4 is 0 Å². The number of hydrogen-bond acceptors (Lipinski definition) is 2. The lowest BCUT2D eigenvalue weighted by atomic mass is 9.91. The van der Waals surface area contributed by atoms with Crippen LogP contribution in [0.3, 0.4) is 0 Å². The van der Waals surface area contributed by atoms with Crippen molar-refractivity contribution in [2.24, 2.45) is 0 Å². The van der Waals surface area contributed by atoms with Crippen molar-refractivity contribution in [2.45, 2.75) is 12.2 Å². The van der Waals surface area contributed by atoms with Crippen LogP contribution in [0.15, 0.2) is 72.8 Å². The number of ether oxygens (including phenoxy) is 1. The fourth-order valence-electron chi connectivity index (χ4n) is 4.54. The maximum atomic E-state index is 13.2. The number of morpholine rings is 1. The van der Waals surface area contributed by atoms with Crippen LogP contribution in [0, 0.1) is 0 Å². The zero-order valence-corrected chi connectivity index (χ0v) is 18.5. The number of aromatic nitrogens is 1. The molecule has 1 aliphatic heterocycles. The van der Waals surface area contributed by atoms with Crippen molar-refractivity contribution in [3.8, 4) is 11.3 Å². The van der Waals surface area contributed by atoms with Gasteiger partial charge in [-0.1, -0.05) is 54.1 Å². The molecule has 33 heavy (non-hydrogen) atoms. The normalized spacial score (nSPS) is 16.2. The number of nitrogens with zero attached hydrogens (tertiary/aromatic N) is 1. The van der Waals surface area contributed by atoms with E-state index < -0.39 is 11.7 Å². The molecular formula is C26H22ClF3N2O. The summed E-state index contributed by atoms with van der Waals surface area (Å²) in [4.78, 5) is 5.82. The summed E-state index contributed by atoms with van der Waals surface area (Å²) in [5, 5.41) is 1.68. The number of alkyl halides is 3. The number of aromatic amines is 1. The van der Waals surface area contributed by atoms with Gasteiger partial charge in [0.2, 0.25) is 0 Å². The molecule has 1 fully saturated rings. The van der Waals surface area contributed by atoms with Crippen molar-refractivity contribution in [2.75, 3.05) is 26.3 Å². The zero-order valence-electron chi connectivity index (χ0n) is 17.7. The number of fused-ring (bicyclic) bond motifs is 1. The smallest absolute Gasteiger partial charge is 0.379 e. The molecule has 170 valence electrons. The molecule has 0 amide bonds. The molecule has 1 aliphatic rings. The first-order valence-corrected chi connectivity index (χ1v) is 11.1. The van der Waals surface area contributed by atoms with Gasteiger partial charge < -0.3 is 9.72 Å². The van der Waals surface area contributed by atoms with Crippen LogP contribution in [0.5, 0.6) is 0 Å². The van der Waals surface area contributed by atoms with E-state index in [-0.39, 0.29) is 6.04 Å². The molecule has 0 spiro atoms. The van der Waals surface area contributed by atoms with E-state index in [1.807, 2.05) is 42.5 Å². The Labute approximate surface area is 194 Å². The molecule has 1 N–H and O–H groups in total. The predicted octanol–water partition coefficient (Wildman–Crippen LogP) is 6.93. The molecule has 0 saturated carbocycles. The lowest BCUT2D eigenvalue weighted by Crippen LogP contribution is -2.39. The van der Waals surface area contributed by atoms with Gasteiger partial charge in [-0.2, -0.15) is 13.2 Å². The zero-order chi connectivity index (χ0) is 23.0. The van der Waals surface area contributed by atoms with Gasteiger partial charge in [-0.25, -0.2) is 0 Å². The first-order chi connectivity index (χ1) is 15.9. The number of rotatable bonds is 4. The largest absolute Gasteiger partial charge is 0.416 e. The van der Waals surface area contributed by atoms with Crippen molar-refractivity contribution < 1.29 is 17.9 Å². The van der Waals surface area contributed by atoms with E-state index in [9.17, 15) is 13.2 Å². The number of nitrogens with one attached hydrogen (secondary N) is 1. The Bertz CT molecular complexity index is 1240. The standard InChI is InChI=1S/C26H22ClF3N2O/c27-20-11-7-17(8-12-20)24-23(21-3-1-2-4-22(21)31-24)25(32-13-15-33-16-14-32)18-5-9-19(10-6-18)26(28,29)30/h1-12,25,31H,13-16H2. The summed E-state index contributed by atoms with van der Waals surface area (Å²) >= 11 is 6.13. The van der Waals surface area contributed by atoms with E-state index in [1.54, 1.807) is 12.1 Å². The molecule has 3 aromatic carbocycles. The second kappa shape index (κ2) is 8.86. The maximum Gasteiger partial charge on any atom is 0.416 e. The monoisotopic (exact) mass is 470 g/mol. The van der Waals surface area contributed by atoms with E-state index in [0.29, 0.717) is 31.3 Å². The number of benzene rings is 3. The van der Waals surface area contributed by atoms with Crippen molar-refractivity contribution >= 4 is 22.5 Å². The summed E-state index contributed by atoms with van der Waals surface area (Å²) < 4.78 is 45.3. The van der Waals surface area contributed by atoms with Gasteiger partial charge in [0.1, 0.15) is 0 Å². The fraction of sp³-hybridized carbons (Fsp3) is 0.231. The number of halogens is 4. The summed E-state index contributed by atoms with van der Waals surface area (Å²) in [7, 11) is 0. The fourth-order valence-corrected chi connectivity index (χ4v) is 4.67. The van der Waals surface area contributed by atoms with E-state index in [2.05, 4.69) is 16.0 Å². The molecule has 5 rings (SSSR count). The first kappa shape index (κ1) is 22.0. The van der Waals surface area contributed by atoms with Gasteiger partial charge in [0.25, 0.3) is 0 Å². The van der Waals surface area contributed by atoms with E-state index in [1.165, 1.54) is 12.1 Å². The van der Waals surface area contributed by atoms with Gasteiger partial charge in [-0.05, 0) is 41.5 Å². The summed E-state index contributed by atoms with van der Waals surface area (Å²) in [5.41, 5.74) is 4.07. The SMILES string of the molecule is FC(F)(F)c1ccc(C(c2c(-c3ccc(Cl)cc3)[nH]c3ccccc23)N2CCOCC2)cc1. The van der Waals surface area contributed by atoms with Gasteiger partial charge >= 0.3 is 6.18 Å². The molecule has 4 aromatic rings. The highest BCUT2D eigenvalue weighted by Gasteiger charge is 2.33. The third kappa shape index (κ3) is 4.38. The van der Waals surface area contributed by atoms with Gasteiger partial charge in [0.15, 0.2) is 0 Å².